The molecule has 0 aliphatic heterocycles. The molecular formula is C22H34NO7P. The Morgan fingerprint density at radius 1 is 1.19 bits per heavy atom. The second-order valence-electron chi connectivity index (χ2n) is 8.03. The number of allylic oxidation sites excluding steroid dienone is 2. The average molecular weight is 455 g/mol. The monoisotopic (exact) mass is 455 g/mol. The molecule has 0 spiro atoms. The van der Waals surface area contributed by atoms with Crippen LogP contribution in [-0.4, -0.2) is 63.0 Å². The van der Waals surface area contributed by atoms with E-state index in [4.69, 9.17) is 9.94 Å². The van der Waals surface area contributed by atoms with Gasteiger partial charge < -0.3 is 20.2 Å². The lowest BCUT2D eigenvalue weighted by atomic mass is 9.90. The SMILES string of the molecule is CON(C[C@@H]1C(CC=CCCCC(=O)O)[C@@H](O)C[C@H]1O)P(=O)(O)CCc1ccccc1. The Kier molecular flexibility index (Phi) is 10.4. The van der Waals surface area contributed by atoms with Crippen LogP contribution in [0.1, 0.15) is 37.7 Å². The lowest BCUT2D eigenvalue weighted by molar-refractivity contribution is -0.137. The van der Waals surface area contributed by atoms with E-state index in [0.717, 1.165) is 10.4 Å². The van der Waals surface area contributed by atoms with E-state index in [0.29, 0.717) is 25.7 Å². The van der Waals surface area contributed by atoms with Gasteiger partial charge in [0, 0.05) is 25.0 Å². The Bertz CT molecular complexity index is 757. The first-order valence-corrected chi connectivity index (χ1v) is 12.4. The molecule has 2 unspecified atom stereocenters. The average Bonchev–Trinajstić information content (AvgIpc) is 3.00. The summed E-state index contributed by atoms with van der Waals surface area (Å²) < 4.78 is 12.9. The van der Waals surface area contributed by atoms with Crippen LogP contribution in [0.5, 0.6) is 0 Å². The molecule has 0 heterocycles. The summed E-state index contributed by atoms with van der Waals surface area (Å²) in [5.74, 6) is -1.53. The zero-order valence-electron chi connectivity index (χ0n) is 17.9. The molecule has 0 radical (unpaired) electrons. The van der Waals surface area contributed by atoms with E-state index in [2.05, 4.69) is 0 Å². The number of aliphatic carboxylic acids is 1. The lowest BCUT2D eigenvalue weighted by Crippen LogP contribution is -2.34. The van der Waals surface area contributed by atoms with Gasteiger partial charge >= 0.3 is 5.97 Å². The Morgan fingerprint density at radius 2 is 1.87 bits per heavy atom. The Hall–Kier alpha value is -1.54. The summed E-state index contributed by atoms with van der Waals surface area (Å²) in [5.41, 5.74) is 0.954. The van der Waals surface area contributed by atoms with Crippen LogP contribution < -0.4 is 0 Å². The van der Waals surface area contributed by atoms with E-state index >= 15 is 0 Å². The van der Waals surface area contributed by atoms with Crippen LogP contribution >= 0.6 is 7.52 Å². The first kappa shape index (κ1) is 25.7. The molecular weight excluding hydrogens is 421 g/mol. The van der Waals surface area contributed by atoms with Crippen molar-refractivity contribution in [2.24, 2.45) is 11.8 Å². The fourth-order valence-electron chi connectivity index (χ4n) is 4.04. The molecule has 4 N–H and O–H groups in total. The van der Waals surface area contributed by atoms with Crippen molar-refractivity contribution < 1.29 is 34.4 Å². The van der Waals surface area contributed by atoms with E-state index in [1.54, 1.807) is 0 Å². The van der Waals surface area contributed by atoms with E-state index in [-0.39, 0.29) is 31.5 Å². The second-order valence-corrected chi connectivity index (χ2v) is 10.3. The third kappa shape index (κ3) is 8.15. The van der Waals surface area contributed by atoms with Gasteiger partial charge in [-0.15, -0.1) is 4.83 Å². The molecule has 1 aromatic carbocycles. The van der Waals surface area contributed by atoms with E-state index in [1.807, 2.05) is 42.5 Å². The number of rotatable bonds is 13. The van der Waals surface area contributed by atoms with Crippen molar-refractivity contribution in [3.8, 4) is 0 Å². The zero-order valence-corrected chi connectivity index (χ0v) is 18.8. The number of aliphatic hydroxyl groups is 2. The maximum absolute atomic E-state index is 12.9. The van der Waals surface area contributed by atoms with Gasteiger partial charge in [-0.1, -0.05) is 42.5 Å². The van der Waals surface area contributed by atoms with Crippen molar-refractivity contribution in [1.29, 1.82) is 0 Å². The van der Waals surface area contributed by atoms with Crippen LogP contribution in [-0.2, 0) is 20.6 Å². The Labute approximate surface area is 183 Å². The molecule has 1 saturated carbocycles. The number of nitrogens with zero attached hydrogens (tertiary/aromatic N) is 1. The maximum Gasteiger partial charge on any atom is 0.303 e. The number of hydroxylamine groups is 1. The molecule has 5 atom stereocenters. The maximum atomic E-state index is 12.9. The fraction of sp³-hybridized carbons (Fsp3) is 0.591. The standard InChI is InChI=1S/C22H34NO7P/c1-30-23(31(28,29)14-13-17-9-5-4-6-10-17)16-19-18(20(24)15-21(19)25)11-7-2-3-8-12-22(26)27/h2,4-7,9-10,18-21,24-25H,3,8,11-16H2,1H3,(H,26,27)(H,28,29)/t18?,19-,20+,21-/m1/s1. The van der Waals surface area contributed by atoms with Crippen molar-refractivity contribution >= 4 is 13.5 Å². The number of carboxylic acids is 1. The van der Waals surface area contributed by atoms with Crippen molar-refractivity contribution in [1.82, 2.24) is 4.83 Å². The second kappa shape index (κ2) is 12.5. The number of aliphatic hydroxyl groups excluding tert-OH is 2. The third-order valence-electron chi connectivity index (χ3n) is 5.82. The first-order chi connectivity index (χ1) is 14.7. The van der Waals surface area contributed by atoms with Gasteiger partial charge in [0.1, 0.15) is 0 Å². The molecule has 0 saturated heterocycles. The molecule has 2 rings (SSSR count). The predicted octanol–water partition coefficient (Wildman–Crippen LogP) is 2.84. The largest absolute Gasteiger partial charge is 0.481 e. The van der Waals surface area contributed by atoms with Crippen LogP contribution in [0.3, 0.4) is 0 Å². The van der Waals surface area contributed by atoms with Crippen molar-refractivity contribution in [2.45, 2.75) is 50.7 Å². The minimum absolute atomic E-state index is 0.0182. The molecule has 174 valence electrons. The normalized spacial score (nSPS) is 25.8. The Morgan fingerprint density at radius 3 is 2.52 bits per heavy atom. The van der Waals surface area contributed by atoms with Gasteiger partial charge in [0.15, 0.2) is 0 Å². The van der Waals surface area contributed by atoms with Crippen LogP contribution in [0.25, 0.3) is 0 Å². The molecule has 31 heavy (non-hydrogen) atoms. The van der Waals surface area contributed by atoms with Gasteiger partial charge in [-0.05, 0) is 43.6 Å². The highest BCUT2D eigenvalue weighted by atomic mass is 31.2. The number of hydrogen-bond donors (Lipinski definition) is 4. The van der Waals surface area contributed by atoms with Gasteiger partial charge in [-0.3, -0.25) is 14.2 Å². The lowest BCUT2D eigenvalue weighted by Gasteiger charge is -2.31. The molecule has 1 aliphatic rings. The molecule has 8 nitrogen and oxygen atoms in total. The number of carbonyl (C=O) groups is 1. The van der Waals surface area contributed by atoms with Crippen LogP contribution in [0.2, 0.25) is 0 Å². The molecule has 9 heteroatoms. The van der Waals surface area contributed by atoms with Crippen LogP contribution in [0.4, 0.5) is 0 Å². The van der Waals surface area contributed by atoms with Gasteiger partial charge in [0.2, 0.25) is 0 Å². The van der Waals surface area contributed by atoms with Crippen molar-refractivity contribution in [3.05, 3.63) is 48.0 Å². The van der Waals surface area contributed by atoms with Gasteiger partial charge in [0.25, 0.3) is 7.52 Å². The summed E-state index contributed by atoms with van der Waals surface area (Å²) in [4.78, 5) is 27.5. The molecule has 0 aromatic heterocycles. The number of unbranched alkanes of at least 4 members (excludes halogenated alkanes) is 1. The predicted molar refractivity (Wildman–Crippen MR) is 117 cm³/mol. The third-order valence-corrected chi connectivity index (χ3v) is 7.65. The summed E-state index contributed by atoms with van der Waals surface area (Å²) in [7, 11) is -2.46. The number of carboxylic acid groups (broad SMARTS) is 1. The smallest absolute Gasteiger partial charge is 0.303 e. The van der Waals surface area contributed by atoms with Crippen LogP contribution in [0, 0.1) is 11.8 Å². The quantitative estimate of drug-likeness (QED) is 0.155. The number of benzene rings is 1. The Balaban J connectivity index is 1.95. The summed E-state index contributed by atoms with van der Waals surface area (Å²) in [6, 6.07) is 9.43. The molecule has 0 amide bonds. The first-order valence-electron chi connectivity index (χ1n) is 10.7. The van der Waals surface area contributed by atoms with E-state index in [9.17, 15) is 24.5 Å². The minimum atomic E-state index is -3.80. The fourth-order valence-corrected chi connectivity index (χ4v) is 5.51. The number of aryl methyl sites for hydroxylation is 1. The summed E-state index contributed by atoms with van der Waals surface area (Å²) in [6.45, 7) is 0.0365. The van der Waals surface area contributed by atoms with Crippen molar-refractivity contribution in [3.63, 3.8) is 0 Å². The summed E-state index contributed by atoms with van der Waals surface area (Å²) >= 11 is 0. The highest BCUT2D eigenvalue weighted by Crippen LogP contribution is 2.48. The van der Waals surface area contributed by atoms with Gasteiger partial charge in [-0.25, -0.2) is 0 Å². The zero-order chi connectivity index (χ0) is 22.9. The molecule has 1 aromatic rings. The number of hydrogen-bond acceptors (Lipinski definition) is 5. The molecule has 1 aliphatic carbocycles. The van der Waals surface area contributed by atoms with E-state index < -0.39 is 31.6 Å². The van der Waals surface area contributed by atoms with Crippen molar-refractivity contribution in [2.75, 3.05) is 19.8 Å². The highest BCUT2D eigenvalue weighted by Gasteiger charge is 2.44. The van der Waals surface area contributed by atoms with Gasteiger partial charge in [-0.2, -0.15) is 0 Å². The molecule has 0 bridgehead atoms. The topological polar surface area (TPSA) is 128 Å². The van der Waals surface area contributed by atoms with Crippen LogP contribution in [0.15, 0.2) is 42.5 Å². The summed E-state index contributed by atoms with van der Waals surface area (Å²) in [5, 5.41) is 29.5. The molecule has 1 fully saturated rings. The minimum Gasteiger partial charge on any atom is -0.481 e. The summed E-state index contributed by atoms with van der Waals surface area (Å²) in [6.07, 6.45) is 4.65. The van der Waals surface area contributed by atoms with E-state index in [1.165, 1.54) is 7.11 Å². The highest BCUT2D eigenvalue weighted by molar-refractivity contribution is 7.55. The van der Waals surface area contributed by atoms with Gasteiger partial charge in [0.05, 0.1) is 19.3 Å².